The van der Waals surface area contributed by atoms with Crippen molar-refractivity contribution in [3.8, 4) is 0 Å². The minimum atomic E-state index is -0.333. The fourth-order valence-electron chi connectivity index (χ4n) is 0.711. The van der Waals surface area contributed by atoms with Gasteiger partial charge in [0.05, 0.1) is 23.5 Å². The summed E-state index contributed by atoms with van der Waals surface area (Å²) in [5, 5.41) is 6.06. The maximum atomic E-state index is 6.06. The topological polar surface area (TPSA) is 153 Å². The number of aromatic nitrogens is 1. The molecule has 8 heteroatoms. The summed E-state index contributed by atoms with van der Waals surface area (Å²) in [6.45, 7) is 0. The number of guanidine groups is 2. The third-order valence-electron chi connectivity index (χ3n) is 1.20. The van der Waals surface area contributed by atoms with E-state index in [4.69, 9.17) is 28.5 Å². The SMILES string of the molecule is N=C(N)N.NC(N)=Nc1ccc(CCl)nc1. The maximum Gasteiger partial charge on any atom is 0.191 e. The second-order valence-electron chi connectivity index (χ2n) is 2.63. The van der Waals surface area contributed by atoms with Gasteiger partial charge < -0.3 is 22.9 Å². The molecule has 0 atom stereocenters. The quantitative estimate of drug-likeness (QED) is 0.271. The van der Waals surface area contributed by atoms with Crippen molar-refractivity contribution in [3.63, 3.8) is 0 Å². The molecule has 1 rings (SSSR count). The summed E-state index contributed by atoms with van der Waals surface area (Å²) in [4.78, 5) is 7.80. The second kappa shape index (κ2) is 7.30. The molecule has 0 amide bonds. The van der Waals surface area contributed by atoms with E-state index in [2.05, 4.69) is 21.4 Å². The van der Waals surface area contributed by atoms with Crippen LogP contribution in [0.25, 0.3) is 0 Å². The molecule has 16 heavy (non-hydrogen) atoms. The zero-order chi connectivity index (χ0) is 12.6. The highest BCUT2D eigenvalue weighted by molar-refractivity contribution is 6.16. The highest BCUT2D eigenvalue weighted by Crippen LogP contribution is 2.10. The van der Waals surface area contributed by atoms with Gasteiger partial charge in [-0.15, -0.1) is 11.6 Å². The smallest absolute Gasteiger partial charge is 0.191 e. The summed E-state index contributed by atoms with van der Waals surface area (Å²) in [5.74, 6) is 0.0812. The predicted molar refractivity (Wildman–Crippen MR) is 65.4 cm³/mol. The Kier molecular flexibility index (Phi) is 6.37. The molecule has 0 spiro atoms. The number of alkyl halides is 1. The van der Waals surface area contributed by atoms with Gasteiger partial charge in [-0.3, -0.25) is 10.4 Å². The lowest BCUT2D eigenvalue weighted by Crippen LogP contribution is -2.21. The van der Waals surface area contributed by atoms with Gasteiger partial charge in [-0.1, -0.05) is 0 Å². The van der Waals surface area contributed by atoms with Gasteiger partial charge in [-0.05, 0) is 12.1 Å². The number of rotatable bonds is 2. The van der Waals surface area contributed by atoms with Gasteiger partial charge in [0.15, 0.2) is 11.9 Å². The molecule has 0 saturated heterocycles. The monoisotopic (exact) mass is 243 g/mol. The zero-order valence-corrected chi connectivity index (χ0v) is 9.28. The lowest BCUT2D eigenvalue weighted by Gasteiger charge is -1.95. The Morgan fingerprint density at radius 3 is 2.19 bits per heavy atom. The van der Waals surface area contributed by atoms with Crippen LogP contribution in [0.5, 0.6) is 0 Å². The minimum Gasteiger partial charge on any atom is -0.370 e. The van der Waals surface area contributed by atoms with E-state index >= 15 is 0 Å². The molecule has 0 bridgehead atoms. The largest absolute Gasteiger partial charge is 0.370 e. The van der Waals surface area contributed by atoms with Crippen molar-refractivity contribution in [2.75, 3.05) is 0 Å². The lowest BCUT2D eigenvalue weighted by atomic mass is 10.3. The van der Waals surface area contributed by atoms with E-state index < -0.39 is 0 Å². The molecular weight excluding hydrogens is 230 g/mol. The fourth-order valence-corrected chi connectivity index (χ4v) is 0.869. The normalized spacial score (nSPS) is 8.56. The number of nitrogens with zero attached hydrogens (tertiary/aromatic N) is 2. The van der Waals surface area contributed by atoms with Gasteiger partial charge in [-0.2, -0.15) is 0 Å². The van der Waals surface area contributed by atoms with E-state index in [9.17, 15) is 0 Å². The molecule has 9 N–H and O–H groups in total. The number of hydrogen-bond donors (Lipinski definition) is 5. The van der Waals surface area contributed by atoms with Gasteiger partial charge in [0.2, 0.25) is 0 Å². The Balaban J connectivity index is 0.000000487. The molecule has 1 heterocycles. The third-order valence-corrected chi connectivity index (χ3v) is 1.48. The van der Waals surface area contributed by atoms with Crippen molar-refractivity contribution in [2.45, 2.75) is 5.88 Å². The van der Waals surface area contributed by atoms with Gasteiger partial charge in [-0.25, -0.2) is 4.99 Å². The van der Waals surface area contributed by atoms with Gasteiger partial charge >= 0.3 is 0 Å². The summed E-state index contributed by atoms with van der Waals surface area (Å²) < 4.78 is 0. The highest BCUT2D eigenvalue weighted by atomic mass is 35.5. The Morgan fingerprint density at radius 1 is 1.31 bits per heavy atom. The average Bonchev–Trinajstić information content (AvgIpc) is 2.17. The van der Waals surface area contributed by atoms with Crippen LogP contribution in [0.3, 0.4) is 0 Å². The Bertz CT molecular complexity index is 351. The first-order valence-electron chi connectivity index (χ1n) is 4.15. The van der Waals surface area contributed by atoms with Gasteiger partial charge in [0, 0.05) is 0 Å². The molecule has 0 radical (unpaired) electrons. The summed E-state index contributed by atoms with van der Waals surface area (Å²) in [5.41, 5.74) is 20.7. The Morgan fingerprint density at radius 2 is 1.88 bits per heavy atom. The Labute approximate surface area is 98.0 Å². The van der Waals surface area contributed by atoms with Crippen LogP contribution in [0.15, 0.2) is 23.3 Å². The molecule has 0 saturated carbocycles. The first-order valence-corrected chi connectivity index (χ1v) is 4.69. The predicted octanol–water partition coefficient (Wildman–Crippen LogP) is -0.436. The van der Waals surface area contributed by atoms with Crippen molar-refractivity contribution in [2.24, 2.45) is 27.9 Å². The zero-order valence-electron chi connectivity index (χ0n) is 8.52. The lowest BCUT2D eigenvalue weighted by molar-refractivity contribution is 1.16. The van der Waals surface area contributed by atoms with Crippen LogP contribution < -0.4 is 22.9 Å². The molecule has 1 aromatic heterocycles. The molecule has 0 aliphatic heterocycles. The van der Waals surface area contributed by atoms with Gasteiger partial charge in [0.25, 0.3) is 0 Å². The average molecular weight is 244 g/mol. The van der Waals surface area contributed by atoms with Crippen LogP contribution in [0.1, 0.15) is 5.69 Å². The van der Waals surface area contributed by atoms with Crippen LogP contribution in [0.2, 0.25) is 0 Å². The molecule has 7 nitrogen and oxygen atoms in total. The summed E-state index contributed by atoms with van der Waals surface area (Å²) in [6.07, 6.45) is 1.57. The van der Waals surface area contributed by atoms with Crippen LogP contribution >= 0.6 is 11.6 Å². The van der Waals surface area contributed by atoms with E-state index in [1.807, 2.05) is 0 Å². The molecule has 0 aliphatic carbocycles. The third kappa shape index (κ3) is 7.39. The van der Waals surface area contributed by atoms with Crippen molar-refractivity contribution in [1.29, 1.82) is 5.41 Å². The first kappa shape index (κ1) is 14.0. The first-order chi connectivity index (χ1) is 7.45. The molecule has 0 aromatic carbocycles. The number of aliphatic imine (C=N–C) groups is 1. The van der Waals surface area contributed by atoms with Crippen LogP contribution in [-0.4, -0.2) is 16.9 Å². The molecule has 0 unspecified atom stereocenters. The molecule has 1 aromatic rings. The molecule has 0 fully saturated rings. The van der Waals surface area contributed by atoms with Crippen molar-refractivity contribution in [3.05, 3.63) is 24.0 Å². The number of halogens is 1. The van der Waals surface area contributed by atoms with E-state index in [0.717, 1.165) is 5.69 Å². The van der Waals surface area contributed by atoms with E-state index in [0.29, 0.717) is 11.6 Å². The number of pyridine rings is 1. The fraction of sp³-hybridized carbons (Fsp3) is 0.125. The highest BCUT2D eigenvalue weighted by Gasteiger charge is 1.92. The van der Waals surface area contributed by atoms with Crippen LogP contribution in [-0.2, 0) is 5.88 Å². The van der Waals surface area contributed by atoms with Crippen molar-refractivity contribution in [1.82, 2.24) is 4.98 Å². The van der Waals surface area contributed by atoms with E-state index in [-0.39, 0.29) is 11.9 Å². The van der Waals surface area contributed by atoms with Crippen LogP contribution in [0, 0.1) is 5.41 Å². The molecule has 88 valence electrons. The summed E-state index contributed by atoms with van der Waals surface area (Å²) >= 11 is 5.54. The maximum absolute atomic E-state index is 6.06. The molecule has 0 aliphatic rings. The summed E-state index contributed by atoms with van der Waals surface area (Å²) in [6, 6.07) is 3.53. The number of nitrogens with one attached hydrogen (secondary N) is 1. The van der Waals surface area contributed by atoms with Gasteiger partial charge in [0.1, 0.15) is 0 Å². The van der Waals surface area contributed by atoms with E-state index in [1.54, 1.807) is 18.3 Å². The van der Waals surface area contributed by atoms with Crippen molar-refractivity contribution < 1.29 is 0 Å². The van der Waals surface area contributed by atoms with E-state index in [1.165, 1.54) is 0 Å². The summed E-state index contributed by atoms with van der Waals surface area (Å²) in [7, 11) is 0. The van der Waals surface area contributed by atoms with Crippen LogP contribution in [0.4, 0.5) is 5.69 Å². The number of nitrogens with two attached hydrogens (primary N) is 4. The second-order valence-corrected chi connectivity index (χ2v) is 2.90. The standard InChI is InChI=1S/C7H9ClN4.CH5N3/c8-3-5-1-2-6(4-11-5)12-7(9)10;2-1(3)4/h1-2,4H,3H2,(H4,9,10,12);(H5,2,3,4). The number of hydrogen-bond acceptors (Lipinski definition) is 3. The molecular formula is C8H14ClN7. The Hall–Kier alpha value is -2.02. The van der Waals surface area contributed by atoms with Crippen molar-refractivity contribution >= 4 is 29.2 Å². The minimum absolute atomic E-state index is 0.0235.